The van der Waals surface area contributed by atoms with Crippen molar-refractivity contribution in [3.05, 3.63) is 71.8 Å². The van der Waals surface area contributed by atoms with Gasteiger partial charge in [-0.25, -0.2) is 0 Å². The summed E-state index contributed by atoms with van der Waals surface area (Å²) in [5.74, 6) is -1.25. The second-order valence-electron chi connectivity index (χ2n) is 5.78. The first-order valence-corrected chi connectivity index (χ1v) is 8.27. The van der Waals surface area contributed by atoms with Gasteiger partial charge in [-0.05, 0) is 35.8 Å². The third kappa shape index (κ3) is 5.21. The van der Waals surface area contributed by atoms with Crippen molar-refractivity contribution >= 4 is 17.4 Å². The smallest absolute Gasteiger partial charge is 0.322 e. The molecule has 0 aliphatic rings. The van der Waals surface area contributed by atoms with Gasteiger partial charge in [0, 0.05) is 6.54 Å². The zero-order valence-corrected chi connectivity index (χ0v) is 15.2. The molecule has 2 aromatic rings. The summed E-state index contributed by atoms with van der Waals surface area (Å²) >= 11 is 0. The Kier molecular flexibility index (Phi) is 6.97. The van der Waals surface area contributed by atoms with E-state index in [1.165, 1.54) is 7.11 Å². The molecule has 0 saturated carbocycles. The number of hydrogen-bond acceptors (Lipinski definition) is 4. The molecule has 0 aliphatic carbocycles. The molecule has 1 atom stereocenters. The second-order valence-corrected chi connectivity index (χ2v) is 5.78. The number of esters is 1. The Morgan fingerprint density at radius 1 is 1.04 bits per heavy atom. The van der Waals surface area contributed by atoms with E-state index in [1.807, 2.05) is 61.5 Å². The third-order valence-electron chi connectivity index (χ3n) is 4.01. The lowest BCUT2D eigenvalue weighted by Crippen LogP contribution is -2.34. The Labute approximate surface area is 153 Å². The average Bonchev–Trinajstić information content (AvgIpc) is 2.70. The van der Waals surface area contributed by atoms with E-state index in [0.717, 1.165) is 22.4 Å². The van der Waals surface area contributed by atoms with E-state index in [4.69, 9.17) is 9.47 Å². The highest BCUT2D eigenvalue weighted by atomic mass is 16.5. The van der Waals surface area contributed by atoms with Gasteiger partial charge in [0.05, 0.1) is 14.2 Å². The molecule has 2 rings (SSSR count). The summed E-state index contributed by atoms with van der Waals surface area (Å²) in [6.07, 6.45) is 1.63. The van der Waals surface area contributed by atoms with Gasteiger partial charge < -0.3 is 14.8 Å². The Morgan fingerprint density at radius 3 is 2.27 bits per heavy atom. The van der Waals surface area contributed by atoms with E-state index in [9.17, 15) is 9.59 Å². The quantitative estimate of drug-likeness (QED) is 0.613. The van der Waals surface area contributed by atoms with Gasteiger partial charge in [0.15, 0.2) is 5.92 Å². The molecule has 1 N–H and O–H groups in total. The molecule has 136 valence electrons. The number of carbonyl (C=O) groups is 2. The first-order chi connectivity index (χ1) is 12.5. The molecule has 0 spiro atoms. The van der Waals surface area contributed by atoms with Crippen LogP contribution in [0, 0.1) is 5.92 Å². The van der Waals surface area contributed by atoms with Crippen LogP contribution in [-0.4, -0.2) is 26.1 Å². The highest BCUT2D eigenvalue weighted by Gasteiger charge is 2.25. The SMILES string of the molecule is COC(=O)C(/C=C(\C)c1ccccc1)C(=O)NCc1ccc(OC)cc1. The maximum atomic E-state index is 12.5. The van der Waals surface area contributed by atoms with Crippen molar-refractivity contribution in [2.24, 2.45) is 5.92 Å². The van der Waals surface area contributed by atoms with E-state index in [-0.39, 0.29) is 0 Å². The zero-order valence-electron chi connectivity index (χ0n) is 15.2. The fourth-order valence-electron chi connectivity index (χ4n) is 2.47. The molecule has 5 heteroatoms. The number of nitrogens with one attached hydrogen (secondary N) is 1. The summed E-state index contributed by atoms with van der Waals surface area (Å²) in [7, 11) is 2.87. The molecule has 0 heterocycles. The summed E-state index contributed by atoms with van der Waals surface area (Å²) in [6, 6.07) is 16.9. The van der Waals surface area contributed by atoms with E-state index in [0.29, 0.717) is 6.54 Å². The Bertz CT molecular complexity index is 766. The topological polar surface area (TPSA) is 64.6 Å². The molecular weight excluding hydrogens is 330 g/mol. The third-order valence-corrected chi connectivity index (χ3v) is 4.01. The van der Waals surface area contributed by atoms with Crippen molar-refractivity contribution in [1.29, 1.82) is 0 Å². The maximum Gasteiger partial charge on any atom is 0.322 e. The number of amides is 1. The normalized spacial score (nSPS) is 12.2. The van der Waals surface area contributed by atoms with Crippen molar-refractivity contribution in [3.8, 4) is 5.75 Å². The molecule has 0 aromatic heterocycles. The Hall–Kier alpha value is -3.08. The largest absolute Gasteiger partial charge is 0.497 e. The number of benzene rings is 2. The fourth-order valence-corrected chi connectivity index (χ4v) is 2.47. The summed E-state index contributed by atoms with van der Waals surface area (Å²) in [6.45, 7) is 2.18. The number of methoxy groups -OCH3 is 2. The molecule has 26 heavy (non-hydrogen) atoms. The number of allylic oxidation sites excluding steroid dienone is 1. The van der Waals surface area contributed by atoms with Crippen molar-refractivity contribution in [2.45, 2.75) is 13.5 Å². The Morgan fingerprint density at radius 2 is 1.69 bits per heavy atom. The van der Waals surface area contributed by atoms with Gasteiger partial charge >= 0.3 is 5.97 Å². The predicted molar refractivity (Wildman–Crippen MR) is 100 cm³/mol. The lowest BCUT2D eigenvalue weighted by atomic mass is 10.0. The van der Waals surface area contributed by atoms with Gasteiger partial charge in [-0.2, -0.15) is 0 Å². The van der Waals surface area contributed by atoms with Gasteiger partial charge in [0.2, 0.25) is 5.91 Å². The molecule has 1 unspecified atom stereocenters. The van der Waals surface area contributed by atoms with Crippen molar-refractivity contribution < 1.29 is 19.1 Å². The highest BCUT2D eigenvalue weighted by molar-refractivity contribution is 6.01. The molecule has 0 fully saturated rings. The summed E-state index contributed by atoms with van der Waals surface area (Å²) in [5, 5.41) is 2.78. The second kappa shape index (κ2) is 9.42. The average molecular weight is 353 g/mol. The van der Waals surface area contributed by atoms with Crippen LogP contribution in [0.1, 0.15) is 18.1 Å². The van der Waals surface area contributed by atoms with Crippen molar-refractivity contribution in [3.63, 3.8) is 0 Å². The lowest BCUT2D eigenvalue weighted by Gasteiger charge is -2.13. The first-order valence-electron chi connectivity index (χ1n) is 8.27. The Balaban J connectivity index is 2.10. The number of ether oxygens (including phenoxy) is 2. The molecule has 5 nitrogen and oxygen atoms in total. The van der Waals surface area contributed by atoms with Crippen LogP contribution in [0.2, 0.25) is 0 Å². The summed E-state index contributed by atoms with van der Waals surface area (Å²) < 4.78 is 9.90. The van der Waals surface area contributed by atoms with E-state index in [2.05, 4.69) is 5.32 Å². The molecule has 2 aromatic carbocycles. The lowest BCUT2D eigenvalue weighted by molar-refractivity contribution is -0.147. The number of rotatable bonds is 7. The van der Waals surface area contributed by atoms with Crippen LogP contribution >= 0.6 is 0 Å². The zero-order chi connectivity index (χ0) is 18.9. The molecule has 0 radical (unpaired) electrons. The summed E-state index contributed by atoms with van der Waals surface area (Å²) in [4.78, 5) is 24.6. The minimum atomic E-state index is -1.00. The van der Waals surface area contributed by atoms with Gasteiger partial charge in [0.25, 0.3) is 0 Å². The number of carbonyl (C=O) groups excluding carboxylic acids is 2. The summed E-state index contributed by atoms with van der Waals surface area (Å²) in [5.41, 5.74) is 2.69. The molecular formula is C21H23NO4. The van der Waals surface area contributed by atoms with Gasteiger partial charge in [-0.3, -0.25) is 9.59 Å². The van der Waals surface area contributed by atoms with E-state index >= 15 is 0 Å². The molecule has 0 bridgehead atoms. The predicted octanol–water partition coefficient (Wildman–Crippen LogP) is 3.20. The monoisotopic (exact) mass is 353 g/mol. The van der Waals surface area contributed by atoms with Gasteiger partial charge in [0.1, 0.15) is 5.75 Å². The standard InChI is InChI=1S/C21H23NO4/c1-15(17-7-5-4-6-8-17)13-19(21(24)26-3)20(23)22-14-16-9-11-18(25-2)12-10-16/h4-13,19H,14H2,1-3H3,(H,22,23)/b15-13+. The van der Waals surface area contributed by atoms with Crippen molar-refractivity contribution in [2.75, 3.05) is 14.2 Å². The molecule has 0 aliphatic heterocycles. The fraction of sp³-hybridized carbons (Fsp3) is 0.238. The van der Waals surface area contributed by atoms with Gasteiger partial charge in [-0.1, -0.05) is 48.5 Å². The van der Waals surface area contributed by atoms with E-state index in [1.54, 1.807) is 13.2 Å². The maximum absolute atomic E-state index is 12.5. The van der Waals surface area contributed by atoms with E-state index < -0.39 is 17.8 Å². The highest BCUT2D eigenvalue weighted by Crippen LogP contribution is 2.17. The van der Waals surface area contributed by atoms with Crippen LogP contribution < -0.4 is 10.1 Å². The van der Waals surface area contributed by atoms with Crippen LogP contribution in [0.3, 0.4) is 0 Å². The first kappa shape index (κ1) is 19.2. The van der Waals surface area contributed by atoms with Crippen LogP contribution in [0.25, 0.3) is 5.57 Å². The van der Waals surface area contributed by atoms with Crippen LogP contribution in [0.15, 0.2) is 60.7 Å². The van der Waals surface area contributed by atoms with Crippen LogP contribution in [0.5, 0.6) is 5.75 Å². The van der Waals surface area contributed by atoms with Crippen LogP contribution in [0.4, 0.5) is 0 Å². The van der Waals surface area contributed by atoms with Gasteiger partial charge in [-0.15, -0.1) is 0 Å². The molecule has 0 saturated heterocycles. The minimum Gasteiger partial charge on any atom is -0.497 e. The molecule has 1 amide bonds. The van der Waals surface area contributed by atoms with Crippen LogP contribution in [-0.2, 0) is 20.9 Å². The van der Waals surface area contributed by atoms with Crippen molar-refractivity contribution in [1.82, 2.24) is 5.32 Å². The number of hydrogen-bond donors (Lipinski definition) is 1. The minimum absolute atomic E-state index is 0.314.